The molecule has 5 nitrogen and oxygen atoms in total. The van der Waals surface area contributed by atoms with Crippen LogP contribution in [0.4, 0.5) is 16.3 Å². The number of aromatic nitrogens is 1. The highest BCUT2D eigenvalue weighted by atomic mass is 16.5. The number of para-hydroxylation sites is 1. The average molecular weight is 337 g/mol. The molecule has 1 N–H and O–H groups in total. The van der Waals surface area contributed by atoms with Gasteiger partial charge in [-0.3, -0.25) is 4.90 Å². The molecule has 1 aliphatic carbocycles. The lowest BCUT2D eigenvalue weighted by atomic mass is 9.86. The zero-order chi connectivity index (χ0) is 17.1. The van der Waals surface area contributed by atoms with Crippen molar-refractivity contribution in [3.8, 4) is 5.75 Å². The molecule has 1 aromatic heterocycles. The monoisotopic (exact) mass is 337 g/mol. The Morgan fingerprint density at radius 1 is 1.08 bits per heavy atom. The van der Waals surface area contributed by atoms with E-state index in [4.69, 9.17) is 9.72 Å². The van der Waals surface area contributed by atoms with Crippen molar-refractivity contribution in [2.24, 2.45) is 0 Å². The minimum atomic E-state index is -0.163. The SMILES string of the molecule is O=C(Nc1ccccc1)N1CCOc2ccc(C3CCCCC3)nc21. The molecular formula is C20H23N3O2. The highest BCUT2D eigenvalue weighted by Gasteiger charge is 2.27. The molecule has 1 aliphatic heterocycles. The van der Waals surface area contributed by atoms with Crippen LogP contribution in [0.1, 0.15) is 43.7 Å². The summed E-state index contributed by atoms with van der Waals surface area (Å²) in [5.74, 6) is 1.83. The number of urea groups is 1. The predicted octanol–water partition coefficient (Wildman–Crippen LogP) is 4.56. The lowest BCUT2D eigenvalue weighted by molar-refractivity contribution is 0.249. The van der Waals surface area contributed by atoms with Crippen LogP contribution in [-0.2, 0) is 0 Å². The summed E-state index contributed by atoms with van der Waals surface area (Å²) in [4.78, 5) is 19.3. The summed E-state index contributed by atoms with van der Waals surface area (Å²) >= 11 is 0. The molecule has 5 heteroatoms. The number of anilines is 2. The van der Waals surface area contributed by atoms with Crippen LogP contribution < -0.4 is 15.0 Å². The lowest BCUT2D eigenvalue weighted by Gasteiger charge is -2.30. The Bertz CT molecular complexity index is 742. The van der Waals surface area contributed by atoms with E-state index in [2.05, 4.69) is 11.4 Å². The fourth-order valence-electron chi connectivity index (χ4n) is 3.64. The van der Waals surface area contributed by atoms with E-state index in [1.54, 1.807) is 4.90 Å². The molecule has 25 heavy (non-hydrogen) atoms. The van der Waals surface area contributed by atoms with Gasteiger partial charge in [-0.15, -0.1) is 0 Å². The number of nitrogens with one attached hydrogen (secondary N) is 1. The molecule has 1 fully saturated rings. The van der Waals surface area contributed by atoms with Crippen molar-refractivity contribution in [3.05, 3.63) is 48.2 Å². The van der Waals surface area contributed by atoms with E-state index in [-0.39, 0.29) is 6.03 Å². The van der Waals surface area contributed by atoms with E-state index in [1.807, 2.05) is 36.4 Å². The van der Waals surface area contributed by atoms with Gasteiger partial charge in [0, 0.05) is 17.3 Å². The number of carbonyl (C=O) groups is 1. The van der Waals surface area contributed by atoms with Gasteiger partial charge in [0.1, 0.15) is 6.61 Å². The van der Waals surface area contributed by atoms with Crippen LogP contribution in [0.25, 0.3) is 0 Å². The summed E-state index contributed by atoms with van der Waals surface area (Å²) in [6, 6.07) is 13.4. The number of rotatable bonds is 2. The first-order valence-electron chi connectivity index (χ1n) is 9.08. The highest BCUT2D eigenvalue weighted by Crippen LogP contribution is 2.36. The van der Waals surface area contributed by atoms with Crippen LogP contribution in [0.3, 0.4) is 0 Å². The Kier molecular flexibility index (Phi) is 4.55. The first kappa shape index (κ1) is 15.9. The van der Waals surface area contributed by atoms with E-state index in [9.17, 15) is 4.79 Å². The van der Waals surface area contributed by atoms with Crippen LogP contribution in [0.5, 0.6) is 5.75 Å². The summed E-state index contributed by atoms with van der Waals surface area (Å²) in [7, 11) is 0. The number of hydrogen-bond acceptors (Lipinski definition) is 3. The summed E-state index contributed by atoms with van der Waals surface area (Å²) in [6.07, 6.45) is 6.21. The van der Waals surface area contributed by atoms with Crippen molar-refractivity contribution < 1.29 is 9.53 Å². The second-order valence-electron chi connectivity index (χ2n) is 6.69. The number of benzene rings is 1. The van der Waals surface area contributed by atoms with Gasteiger partial charge in [0.25, 0.3) is 0 Å². The standard InChI is InChI=1S/C20H23N3O2/c24-20(21-16-9-5-2-6-10-16)23-13-14-25-18-12-11-17(22-19(18)23)15-7-3-1-4-8-15/h2,5-6,9-12,15H,1,3-4,7-8,13-14H2,(H,21,24). The number of hydrogen-bond donors (Lipinski definition) is 1. The Hall–Kier alpha value is -2.56. The van der Waals surface area contributed by atoms with Gasteiger partial charge in [-0.1, -0.05) is 37.5 Å². The first-order chi connectivity index (χ1) is 12.3. The third-order valence-electron chi connectivity index (χ3n) is 4.98. The second kappa shape index (κ2) is 7.13. The van der Waals surface area contributed by atoms with Crippen molar-refractivity contribution >= 4 is 17.5 Å². The van der Waals surface area contributed by atoms with Crippen molar-refractivity contribution in [3.63, 3.8) is 0 Å². The number of carbonyl (C=O) groups excluding carboxylic acids is 1. The molecule has 2 aromatic rings. The predicted molar refractivity (Wildman–Crippen MR) is 98.4 cm³/mol. The van der Waals surface area contributed by atoms with Gasteiger partial charge in [-0.05, 0) is 37.1 Å². The van der Waals surface area contributed by atoms with E-state index >= 15 is 0 Å². The maximum absolute atomic E-state index is 12.7. The fourth-order valence-corrected chi connectivity index (χ4v) is 3.64. The Balaban J connectivity index is 1.58. The third-order valence-corrected chi connectivity index (χ3v) is 4.98. The smallest absolute Gasteiger partial charge is 0.327 e. The fraction of sp³-hybridized carbons (Fsp3) is 0.400. The van der Waals surface area contributed by atoms with Crippen LogP contribution in [-0.4, -0.2) is 24.2 Å². The summed E-state index contributed by atoms with van der Waals surface area (Å²) in [5.41, 5.74) is 1.87. The van der Waals surface area contributed by atoms with Gasteiger partial charge >= 0.3 is 6.03 Å². The van der Waals surface area contributed by atoms with Crippen molar-refractivity contribution in [2.75, 3.05) is 23.4 Å². The topological polar surface area (TPSA) is 54.5 Å². The lowest BCUT2D eigenvalue weighted by Crippen LogP contribution is -2.41. The van der Waals surface area contributed by atoms with Gasteiger partial charge in [0.2, 0.25) is 0 Å². The number of fused-ring (bicyclic) bond motifs is 1. The second-order valence-corrected chi connectivity index (χ2v) is 6.69. The van der Waals surface area contributed by atoms with Crippen LogP contribution in [0, 0.1) is 0 Å². The number of nitrogens with zero attached hydrogens (tertiary/aromatic N) is 2. The molecular weight excluding hydrogens is 314 g/mol. The number of amides is 2. The van der Waals surface area contributed by atoms with Crippen LogP contribution in [0.15, 0.2) is 42.5 Å². The highest BCUT2D eigenvalue weighted by molar-refractivity contribution is 6.02. The molecule has 4 rings (SSSR count). The zero-order valence-corrected chi connectivity index (χ0v) is 14.3. The minimum absolute atomic E-state index is 0.163. The molecule has 1 saturated carbocycles. The number of ether oxygens (including phenoxy) is 1. The Morgan fingerprint density at radius 2 is 1.88 bits per heavy atom. The maximum Gasteiger partial charge on any atom is 0.327 e. The molecule has 0 radical (unpaired) electrons. The van der Waals surface area contributed by atoms with E-state index in [0.717, 1.165) is 11.4 Å². The molecule has 2 amide bonds. The quantitative estimate of drug-likeness (QED) is 0.874. The van der Waals surface area contributed by atoms with Crippen molar-refractivity contribution in [2.45, 2.75) is 38.0 Å². The van der Waals surface area contributed by atoms with Gasteiger partial charge in [0.15, 0.2) is 11.6 Å². The molecule has 130 valence electrons. The zero-order valence-electron chi connectivity index (χ0n) is 14.3. The third kappa shape index (κ3) is 3.45. The van der Waals surface area contributed by atoms with Crippen LogP contribution in [0.2, 0.25) is 0 Å². The molecule has 0 atom stereocenters. The Morgan fingerprint density at radius 3 is 2.68 bits per heavy atom. The van der Waals surface area contributed by atoms with E-state index < -0.39 is 0 Å². The average Bonchev–Trinajstić information content (AvgIpc) is 2.68. The van der Waals surface area contributed by atoms with Gasteiger partial charge in [-0.2, -0.15) is 0 Å². The molecule has 1 aromatic carbocycles. The summed E-state index contributed by atoms with van der Waals surface area (Å²) < 4.78 is 5.71. The maximum atomic E-state index is 12.7. The summed E-state index contributed by atoms with van der Waals surface area (Å²) in [6.45, 7) is 0.993. The first-order valence-corrected chi connectivity index (χ1v) is 9.08. The summed E-state index contributed by atoms with van der Waals surface area (Å²) in [5, 5.41) is 2.94. The van der Waals surface area contributed by atoms with E-state index in [0.29, 0.717) is 30.6 Å². The molecule has 2 heterocycles. The molecule has 0 saturated heterocycles. The molecule has 2 aliphatic rings. The van der Waals surface area contributed by atoms with E-state index in [1.165, 1.54) is 32.1 Å². The molecule has 0 spiro atoms. The largest absolute Gasteiger partial charge is 0.488 e. The molecule has 0 bridgehead atoms. The van der Waals surface area contributed by atoms with Crippen molar-refractivity contribution in [1.29, 1.82) is 0 Å². The van der Waals surface area contributed by atoms with Gasteiger partial charge in [-0.25, -0.2) is 9.78 Å². The Labute approximate surface area is 148 Å². The van der Waals surface area contributed by atoms with Gasteiger partial charge < -0.3 is 10.1 Å². The van der Waals surface area contributed by atoms with Crippen LogP contribution >= 0.6 is 0 Å². The van der Waals surface area contributed by atoms with Gasteiger partial charge in [0.05, 0.1) is 6.54 Å². The number of pyridine rings is 1. The minimum Gasteiger partial charge on any atom is -0.488 e. The van der Waals surface area contributed by atoms with Crippen molar-refractivity contribution in [1.82, 2.24) is 4.98 Å². The molecule has 0 unspecified atom stereocenters. The normalized spacial score (nSPS) is 17.5.